The lowest BCUT2D eigenvalue weighted by molar-refractivity contribution is 0.0782. The van der Waals surface area contributed by atoms with Gasteiger partial charge in [-0.2, -0.15) is 15.4 Å². The fraction of sp³-hybridized carbons (Fsp3) is 0.389. The number of carbonyl (C=O) groups excluding carboxylic acids is 1. The van der Waals surface area contributed by atoms with Gasteiger partial charge in [-0.3, -0.25) is 4.79 Å². The standard InChI is InChI=1S/C18H19N7O/c1-11-4-17(20-10-19-11)24-6-13-8-25(9-14(13)7-24)18(26)12-2-3-15-16(5-12)22-23-21-15/h2-5,10,13-14H,6-9H2,1H3,(H,21,22,23). The minimum atomic E-state index is 0.0775. The molecule has 2 saturated heterocycles. The molecule has 132 valence electrons. The van der Waals surface area contributed by atoms with E-state index in [1.807, 2.05) is 36.1 Å². The second kappa shape index (κ2) is 5.76. The molecule has 2 unspecified atom stereocenters. The lowest BCUT2D eigenvalue weighted by Crippen LogP contribution is -2.33. The Labute approximate surface area is 150 Å². The van der Waals surface area contributed by atoms with Crippen molar-refractivity contribution >= 4 is 22.8 Å². The zero-order valence-corrected chi connectivity index (χ0v) is 14.5. The molecular formula is C18H19N7O. The Morgan fingerprint density at radius 2 is 1.81 bits per heavy atom. The van der Waals surface area contributed by atoms with Crippen LogP contribution in [0.1, 0.15) is 16.1 Å². The van der Waals surface area contributed by atoms with Gasteiger partial charge in [-0.25, -0.2) is 9.97 Å². The van der Waals surface area contributed by atoms with E-state index in [9.17, 15) is 4.79 Å². The summed E-state index contributed by atoms with van der Waals surface area (Å²) in [6, 6.07) is 7.50. The van der Waals surface area contributed by atoms with Crippen LogP contribution in [-0.2, 0) is 0 Å². The Kier molecular flexibility index (Phi) is 3.37. The van der Waals surface area contributed by atoms with Crippen molar-refractivity contribution in [3.63, 3.8) is 0 Å². The number of aromatic nitrogens is 5. The molecule has 2 atom stereocenters. The molecule has 8 heteroatoms. The van der Waals surface area contributed by atoms with Crippen LogP contribution in [0.5, 0.6) is 0 Å². The average molecular weight is 349 g/mol. The second-order valence-corrected chi connectivity index (χ2v) is 7.18. The number of nitrogens with zero attached hydrogens (tertiary/aromatic N) is 6. The molecule has 26 heavy (non-hydrogen) atoms. The minimum Gasteiger partial charge on any atom is -0.356 e. The molecule has 2 aromatic heterocycles. The fourth-order valence-electron chi connectivity index (χ4n) is 4.12. The molecule has 4 heterocycles. The van der Waals surface area contributed by atoms with E-state index < -0.39 is 0 Å². The van der Waals surface area contributed by atoms with Gasteiger partial charge in [0, 0.05) is 55.3 Å². The molecule has 0 bridgehead atoms. The summed E-state index contributed by atoms with van der Waals surface area (Å²) in [4.78, 5) is 25.7. The van der Waals surface area contributed by atoms with E-state index in [1.165, 1.54) is 0 Å². The normalized spacial score (nSPS) is 22.2. The van der Waals surface area contributed by atoms with Crippen LogP contribution in [0.4, 0.5) is 5.82 Å². The van der Waals surface area contributed by atoms with Gasteiger partial charge in [-0.05, 0) is 25.1 Å². The molecule has 5 rings (SSSR count). The average Bonchev–Trinajstić information content (AvgIpc) is 3.34. The number of likely N-dealkylation sites (tertiary alicyclic amines) is 1. The quantitative estimate of drug-likeness (QED) is 0.749. The molecule has 2 aliphatic rings. The number of aromatic amines is 1. The molecular weight excluding hydrogens is 330 g/mol. The predicted molar refractivity (Wildman–Crippen MR) is 95.8 cm³/mol. The molecule has 1 N–H and O–H groups in total. The number of benzene rings is 1. The first kappa shape index (κ1) is 15.2. The predicted octanol–water partition coefficient (Wildman–Crippen LogP) is 1.26. The van der Waals surface area contributed by atoms with Crippen LogP contribution in [-0.4, -0.2) is 62.4 Å². The highest BCUT2D eigenvalue weighted by atomic mass is 16.2. The summed E-state index contributed by atoms with van der Waals surface area (Å²) >= 11 is 0. The first-order valence-corrected chi connectivity index (χ1v) is 8.81. The van der Waals surface area contributed by atoms with Crippen molar-refractivity contribution in [3.05, 3.63) is 41.9 Å². The Hall–Kier alpha value is -3.03. The smallest absolute Gasteiger partial charge is 0.253 e. The molecule has 3 aromatic rings. The molecule has 0 spiro atoms. The highest BCUT2D eigenvalue weighted by Crippen LogP contribution is 2.34. The lowest BCUT2D eigenvalue weighted by atomic mass is 10.0. The van der Waals surface area contributed by atoms with Gasteiger partial charge in [-0.15, -0.1) is 0 Å². The molecule has 2 aliphatic heterocycles. The van der Waals surface area contributed by atoms with Crippen molar-refractivity contribution < 1.29 is 4.79 Å². The third-order valence-electron chi connectivity index (χ3n) is 5.45. The molecule has 0 aliphatic carbocycles. The van der Waals surface area contributed by atoms with E-state index in [-0.39, 0.29) is 5.91 Å². The number of hydrogen-bond acceptors (Lipinski definition) is 6. The Morgan fingerprint density at radius 3 is 2.58 bits per heavy atom. The lowest BCUT2D eigenvalue weighted by Gasteiger charge is -2.22. The fourth-order valence-corrected chi connectivity index (χ4v) is 4.12. The Balaban J connectivity index is 1.29. The summed E-state index contributed by atoms with van der Waals surface area (Å²) in [7, 11) is 0. The highest BCUT2D eigenvalue weighted by Gasteiger charge is 2.42. The monoisotopic (exact) mass is 349 g/mol. The summed E-state index contributed by atoms with van der Waals surface area (Å²) in [6.07, 6.45) is 1.62. The van der Waals surface area contributed by atoms with E-state index in [0.717, 1.165) is 48.7 Å². The van der Waals surface area contributed by atoms with Crippen LogP contribution in [0.3, 0.4) is 0 Å². The number of amides is 1. The zero-order chi connectivity index (χ0) is 17.7. The van der Waals surface area contributed by atoms with Gasteiger partial charge in [0.05, 0.1) is 0 Å². The maximum absolute atomic E-state index is 12.9. The van der Waals surface area contributed by atoms with Gasteiger partial charge in [0.1, 0.15) is 23.2 Å². The van der Waals surface area contributed by atoms with Gasteiger partial charge in [0.25, 0.3) is 5.91 Å². The van der Waals surface area contributed by atoms with Gasteiger partial charge in [0.2, 0.25) is 0 Å². The van der Waals surface area contributed by atoms with Gasteiger partial charge < -0.3 is 9.80 Å². The topological polar surface area (TPSA) is 90.9 Å². The van der Waals surface area contributed by atoms with Crippen molar-refractivity contribution in [2.24, 2.45) is 11.8 Å². The Morgan fingerprint density at radius 1 is 1.04 bits per heavy atom. The second-order valence-electron chi connectivity index (χ2n) is 7.18. The van der Waals surface area contributed by atoms with Crippen LogP contribution in [0.2, 0.25) is 0 Å². The summed E-state index contributed by atoms with van der Waals surface area (Å²) in [5.74, 6) is 2.05. The number of aryl methyl sites for hydroxylation is 1. The summed E-state index contributed by atoms with van der Waals surface area (Å²) in [5.41, 5.74) is 3.15. The van der Waals surface area contributed by atoms with E-state index in [4.69, 9.17) is 0 Å². The summed E-state index contributed by atoms with van der Waals surface area (Å²) < 4.78 is 0. The van der Waals surface area contributed by atoms with E-state index in [2.05, 4.69) is 30.3 Å². The van der Waals surface area contributed by atoms with E-state index in [0.29, 0.717) is 17.4 Å². The SMILES string of the molecule is Cc1cc(N2CC3CN(C(=O)c4ccc5n[nH]nc5c4)CC3C2)ncn1. The molecule has 2 fully saturated rings. The molecule has 0 saturated carbocycles. The third-order valence-corrected chi connectivity index (χ3v) is 5.45. The number of rotatable bonds is 2. The third kappa shape index (κ3) is 2.49. The van der Waals surface area contributed by atoms with Crippen LogP contribution >= 0.6 is 0 Å². The largest absolute Gasteiger partial charge is 0.356 e. The number of H-pyrrole nitrogens is 1. The molecule has 1 amide bonds. The number of nitrogens with one attached hydrogen (secondary N) is 1. The van der Waals surface area contributed by atoms with Crippen molar-refractivity contribution in [2.75, 3.05) is 31.1 Å². The first-order valence-electron chi connectivity index (χ1n) is 8.81. The van der Waals surface area contributed by atoms with Crippen LogP contribution in [0, 0.1) is 18.8 Å². The summed E-state index contributed by atoms with van der Waals surface area (Å²) in [6.45, 7) is 5.44. The van der Waals surface area contributed by atoms with Crippen molar-refractivity contribution in [1.82, 2.24) is 30.3 Å². The van der Waals surface area contributed by atoms with Gasteiger partial charge in [-0.1, -0.05) is 0 Å². The van der Waals surface area contributed by atoms with Crippen molar-refractivity contribution in [2.45, 2.75) is 6.92 Å². The summed E-state index contributed by atoms with van der Waals surface area (Å²) in [5, 5.41) is 10.7. The number of carbonyl (C=O) groups is 1. The number of hydrogen-bond donors (Lipinski definition) is 1. The first-order chi connectivity index (χ1) is 12.7. The van der Waals surface area contributed by atoms with Gasteiger partial charge >= 0.3 is 0 Å². The molecule has 1 aromatic carbocycles. The van der Waals surface area contributed by atoms with Crippen LogP contribution in [0.15, 0.2) is 30.6 Å². The van der Waals surface area contributed by atoms with Crippen LogP contribution in [0.25, 0.3) is 11.0 Å². The molecule has 0 radical (unpaired) electrons. The van der Waals surface area contributed by atoms with Crippen LogP contribution < -0.4 is 4.90 Å². The number of anilines is 1. The van der Waals surface area contributed by atoms with E-state index >= 15 is 0 Å². The zero-order valence-electron chi connectivity index (χ0n) is 14.5. The minimum absolute atomic E-state index is 0.0775. The maximum atomic E-state index is 12.9. The molecule has 8 nitrogen and oxygen atoms in total. The van der Waals surface area contributed by atoms with Crippen molar-refractivity contribution in [1.29, 1.82) is 0 Å². The van der Waals surface area contributed by atoms with Gasteiger partial charge in [0.15, 0.2) is 0 Å². The number of fused-ring (bicyclic) bond motifs is 2. The maximum Gasteiger partial charge on any atom is 0.253 e. The Bertz CT molecular complexity index is 970. The van der Waals surface area contributed by atoms with Crippen molar-refractivity contribution in [3.8, 4) is 0 Å². The highest BCUT2D eigenvalue weighted by molar-refractivity contribution is 5.97. The van der Waals surface area contributed by atoms with E-state index in [1.54, 1.807) is 6.33 Å².